The van der Waals surface area contributed by atoms with Crippen molar-refractivity contribution in [3.8, 4) is 0 Å². The average Bonchev–Trinajstić information content (AvgIpc) is 2.43. The number of hydrogen-bond donors (Lipinski definition) is 3. The van der Waals surface area contributed by atoms with E-state index in [2.05, 4.69) is 42.4 Å². The number of guanidine groups is 1. The van der Waals surface area contributed by atoms with Gasteiger partial charge in [0.1, 0.15) is 0 Å². The Kier molecular flexibility index (Phi) is 4.65. The van der Waals surface area contributed by atoms with Crippen LogP contribution in [-0.4, -0.2) is 23.2 Å². The molecule has 0 saturated heterocycles. The minimum atomic E-state index is -0.621. The molecule has 110 valence electrons. The second kappa shape index (κ2) is 6.27. The van der Waals surface area contributed by atoms with E-state index in [0.717, 1.165) is 37.8 Å². The third kappa shape index (κ3) is 3.31. The first-order valence-electron chi connectivity index (χ1n) is 7.48. The molecule has 1 aliphatic carbocycles. The summed E-state index contributed by atoms with van der Waals surface area (Å²) in [5.41, 5.74) is 8.90. The molecular formula is C16H25N3O. The van der Waals surface area contributed by atoms with Gasteiger partial charge in [-0.3, -0.25) is 4.99 Å². The van der Waals surface area contributed by atoms with Crippen LogP contribution >= 0.6 is 0 Å². The largest absolute Gasteiger partial charge is 0.388 e. The number of aryl methyl sites for hydroxylation is 2. The van der Waals surface area contributed by atoms with E-state index < -0.39 is 5.60 Å². The van der Waals surface area contributed by atoms with Gasteiger partial charge in [0.2, 0.25) is 0 Å². The lowest BCUT2D eigenvalue weighted by Crippen LogP contribution is -2.41. The predicted molar refractivity (Wildman–Crippen MR) is 84.1 cm³/mol. The summed E-state index contributed by atoms with van der Waals surface area (Å²) in [6.45, 7) is 4.65. The lowest BCUT2D eigenvalue weighted by Gasteiger charge is -2.35. The van der Waals surface area contributed by atoms with Crippen molar-refractivity contribution in [3.05, 3.63) is 29.3 Å². The minimum Gasteiger partial charge on any atom is -0.388 e. The normalized spacial score (nSPS) is 17.6. The Labute approximate surface area is 121 Å². The summed E-state index contributed by atoms with van der Waals surface area (Å²) in [6.07, 6.45) is 4.64. The molecule has 0 atom stereocenters. The van der Waals surface area contributed by atoms with Crippen LogP contribution in [0.3, 0.4) is 0 Å². The number of aliphatic imine (C=N–C) groups is 1. The van der Waals surface area contributed by atoms with Crippen molar-refractivity contribution in [3.63, 3.8) is 0 Å². The first-order valence-corrected chi connectivity index (χ1v) is 7.48. The first-order chi connectivity index (χ1) is 9.58. The molecule has 0 spiro atoms. The second-order valence-electron chi connectivity index (χ2n) is 5.56. The fourth-order valence-electron chi connectivity index (χ4n) is 2.55. The Balaban J connectivity index is 2.10. The van der Waals surface area contributed by atoms with Gasteiger partial charge in [-0.2, -0.15) is 0 Å². The van der Waals surface area contributed by atoms with Crippen molar-refractivity contribution in [2.24, 2.45) is 10.7 Å². The summed E-state index contributed by atoms with van der Waals surface area (Å²) in [5.74, 6) is 0.390. The van der Waals surface area contributed by atoms with E-state index in [0.29, 0.717) is 12.5 Å². The van der Waals surface area contributed by atoms with Crippen LogP contribution in [0.25, 0.3) is 0 Å². The van der Waals surface area contributed by atoms with Crippen LogP contribution in [0.1, 0.15) is 44.2 Å². The Morgan fingerprint density at radius 3 is 2.35 bits per heavy atom. The Morgan fingerprint density at radius 2 is 1.90 bits per heavy atom. The third-order valence-corrected chi connectivity index (χ3v) is 4.08. The standard InChI is InChI=1S/C16H25N3O/c1-3-12-7-5-8-13(4-2)14(12)19-15(17)18-11-16(20)9-6-10-16/h5,7-8,20H,3-4,6,9-11H2,1-2H3,(H3,17,18,19). The maximum absolute atomic E-state index is 10.0. The molecule has 1 fully saturated rings. The minimum absolute atomic E-state index is 0.390. The van der Waals surface area contributed by atoms with Gasteiger partial charge in [-0.1, -0.05) is 32.0 Å². The van der Waals surface area contributed by atoms with Gasteiger partial charge in [-0.25, -0.2) is 0 Å². The molecule has 1 aromatic rings. The van der Waals surface area contributed by atoms with Crippen LogP contribution < -0.4 is 11.1 Å². The maximum Gasteiger partial charge on any atom is 0.193 e. The third-order valence-electron chi connectivity index (χ3n) is 4.08. The lowest BCUT2D eigenvalue weighted by atomic mass is 9.80. The molecule has 2 rings (SSSR count). The van der Waals surface area contributed by atoms with E-state index >= 15 is 0 Å². The predicted octanol–water partition coefficient (Wildman–Crippen LogP) is 2.45. The van der Waals surface area contributed by atoms with E-state index in [9.17, 15) is 5.11 Å². The highest BCUT2D eigenvalue weighted by Crippen LogP contribution is 2.31. The van der Waals surface area contributed by atoms with Crippen LogP contribution in [-0.2, 0) is 12.8 Å². The number of aliphatic hydroxyl groups is 1. The summed E-state index contributed by atoms with van der Waals surface area (Å²) in [5, 5.41) is 13.3. The summed E-state index contributed by atoms with van der Waals surface area (Å²) in [7, 11) is 0. The number of para-hydroxylation sites is 1. The van der Waals surface area contributed by atoms with Crippen LogP contribution in [0, 0.1) is 0 Å². The number of nitrogens with zero attached hydrogens (tertiary/aromatic N) is 1. The molecule has 0 bridgehead atoms. The fourth-order valence-corrected chi connectivity index (χ4v) is 2.55. The topological polar surface area (TPSA) is 70.6 Å². The highest BCUT2D eigenvalue weighted by Gasteiger charge is 2.33. The van der Waals surface area contributed by atoms with Crippen LogP contribution in [0.15, 0.2) is 23.2 Å². The van der Waals surface area contributed by atoms with E-state index in [-0.39, 0.29) is 0 Å². The van der Waals surface area contributed by atoms with Gasteiger partial charge in [-0.05, 0) is 43.2 Å². The molecule has 1 aliphatic rings. The van der Waals surface area contributed by atoms with Crippen molar-refractivity contribution >= 4 is 11.6 Å². The quantitative estimate of drug-likeness (QED) is 0.571. The molecule has 1 saturated carbocycles. The molecule has 20 heavy (non-hydrogen) atoms. The number of anilines is 1. The number of hydrogen-bond acceptors (Lipinski definition) is 2. The lowest BCUT2D eigenvalue weighted by molar-refractivity contribution is -0.0235. The summed E-state index contributed by atoms with van der Waals surface area (Å²) in [4.78, 5) is 4.30. The van der Waals surface area contributed by atoms with E-state index in [1.54, 1.807) is 0 Å². The molecule has 0 radical (unpaired) electrons. The van der Waals surface area contributed by atoms with E-state index in [1.807, 2.05) is 0 Å². The fraction of sp³-hybridized carbons (Fsp3) is 0.562. The zero-order chi connectivity index (χ0) is 14.6. The molecular weight excluding hydrogens is 250 g/mol. The van der Waals surface area contributed by atoms with Crippen LogP contribution in [0.4, 0.5) is 5.69 Å². The second-order valence-corrected chi connectivity index (χ2v) is 5.56. The van der Waals surface area contributed by atoms with Gasteiger partial charge in [0, 0.05) is 5.69 Å². The summed E-state index contributed by atoms with van der Waals surface area (Å²) >= 11 is 0. The molecule has 0 unspecified atom stereocenters. The molecule has 4 heteroatoms. The van der Waals surface area contributed by atoms with Gasteiger partial charge in [0.05, 0.1) is 12.1 Å². The highest BCUT2D eigenvalue weighted by molar-refractivity contribution is 5.93. The molecule has 4 N–H and O–H groups in total. The number of rotatable bonds is 5. The number of nitrogens with one attached hydrogen (secondary N) is 1. The molecule has 4 nitrogen and oxygen atoms in total. The zero-order valence-electron chi connectivity index (χ0n) is 12.4. The molecule has 0 aliphatic heterocycles. The molecule has 1 aromatic carbocycles. The van der Waals surface area contributed by atoms with E-state index in [4.69, 9.17) is 5.73 Å². The maximum atomic E-state index is 10.0. The van der Waals surface area contributed by atoms with Gasteiger partial charge in [-0.15, -0.1) is 0 Å². The van der Waals surface area contributed by atoms with Crippen LogP contribution in [0.5, 0.6) is 0 Å². The first kappa shape index (κ1) is 14.9. The van der Waals surface area contributed by atoms with Crippen molar-refractivity contribution < 1.29 is 5.11 Å². The molecule has 0 aromatic heterocycles. The van der Waals surface area contributed by atoms with Gasteiger partial charge < -0.3 is 16.2 Å². The monoisotopic (exact) mass is 275 g/mol. The zero-order valence-corrected chi connectivity index (χ0v) is 12.4. The highest BCUT2D eigenvalue weighted by atomic mass is 16.3. The Bertz CT molecular complexity index is 470. The smallest absolute Gasteiger partial charge is 0.193 e. The van der Waals surface area contributed by atoms with Crippen molar-refractivity contribution in [1.82, 2.24) is 0 Å². The Morgan fingerprint density at radius 1 is 1.30 bits per heavy atom. The average molecular weight is 275 g/mol. The summed E-state index contributed by atoms with van der Waals surface area (Å²) in [6, 6.07) is 6.29. The van der Waals surface area contributed by atoms with Crippen molar-refractivity contribution in [1.29, 1.82) is 0 Å². The molecule has 0 heterocycles. The van der Waals surface area contributed by atoms with Gasteiger partial charge >= 0.3 is 0 Å². The van der Waals surface area contributed by atoms with Crippen molar-refractivity contribution in [2.45, 2.75) is 51.6 Å². The van der Waals surface area contributed by atoms with Crippen molar-refractivity contribution in [2.75, 3.05) is 11.9 Å². The summed E-state index contributed by atoms with van der Waals surface area (Å²) < 4.78 is 0. The van der Waals surface area contributed by atoms with E-state index in [1.165, 1.54) is 11.1 Å². The van der Waals surface area contributed by atoms with Gasteiger partial charge in [0.25, 0.3) is 0 Å². The van der Waals surface area contributed by atoms with Crippen LogP contribution in [0.2, 0.25) is 0 Å². The molecule has 0 amide bonds. The number of nitrogens with two attached hydrogens (primary N) is 1. The SMILES string of the molecule is CCc1cccc(CC)c1NC(N)=NCC1(O)CCC1. The Hall–Kier alpha value is -1.55. The number of benzene rings is 1. The van der Waals surface area contributed by atoms with Gasteiger partial charge in [0.15, 0.2) is 5.96 Å².